The van der Waals surface area contributed by atoms with Gasteiger partial charge >= 0.3 is 0 Å². The number of ether oxygens (including phenoxy) is 1. The molecule has 0 atom stereocenters. The first kappa shape index (κ1) is 24.1. The van der Waals surface area contributed by atoms with Crippen molar-refractivity contribution in [2.75, 3.05) is 12.4 Å². The van der Waals surface area contributed by atoms with E-state index in [4.69, 9.17) is 16.3 Å². The first-order valence-corrected chi connectivity index (χ1v) is 12.8. The third kappa shape index (κ3) is 5.84. The summed E-state index contributed by atoms with van der Waals surface area (Å²) >= 11 is 6.47. The number of carbonyl (C=O) groups excluding carboxylic acids is 1. The summed E-state index contributed by atoms with van der Waals surface area (Å²) in [7, 11) is -3.66. The second kappa shape index (κ2) is 10.4. The molecule has 1 aromatic heterocycles. The number of benzene rings is 2. The smallest absolute Gasteiger partial charge is 0.264 e. The molecule has 172 valence electrons. The maximum atomic E-state index is 12.6. The molecular formula is C24H29ClN2O4S. The predicted molar refractivity (Wildman–Crippen MR) is 129 cm³/mol. The molecule has 0 aliphatic heterocycles. The Bertz CT molecular complexity index is 1220. The van der Waals surface area contributed by atoms with Crippen LogP contribution in [0.5, 0.6) is 5.75 Å². The van der Waals surface area contributed by atoms with E-state index >= 15 is 0 Å². The van der Waals surface area contributed by atoms with E-state index in [-0.39, 0.29) is 5.75 Å². The molecule has 0 bridgehead atoms. The monoisotopic (exact) mass is 476 g/mol. The number of halogens is 1. The van der Waals surface area contributed by atoms with Gasteiger partial charge in [0.25, 0.3) is 5.91 Å². The van der Waals surface area contributed by atoms with E-state index in [1.165, 1.54) is 0 Å². The molecule has 2 N–H and O–H groups in total. The van der Waals surface area contributed by atoms with Crippen LogP contribution in [0.25, 0.3) is 10.9 Å². The van der Waals surface area contributed by atoms with Gasteiger partial charge in [-0.3, -0.25) is 4.79 Å². The quantitative estimate of drug-likeness (QED) is 0.385. The average Bonchev–Trinajstić information content (AvgIpc) is 3.04. The van der Waals surface area contributed by atoms with E-state index in [1.54, 1.807) is 24.3 Å². The Morgan fingerprint density at radius 1 is 1.12 bits per heavy atom. The summed E-state index contributed by atoms with van der Waals surface area (Å²) in [4.78, 5) is 16.0. The highest BCUT2D eigenvalue weighted by atomic mass is 35.5. The standard InChI is InChI=1S/C24H29ClN2O4S/c1-4-6-7-12-32(29,30)27-24(28)18-9-11-23-21(14-18)20(16(3)26-23)13-17-8-10-19(31-5-2)15-22(17)25/h8-11,14-15,26H,4-7,12-13H2,1-3H3,(H,27,28). The minimum Gasteiger partial charge on any atom is -0.494 e. The van der Waals surface area contributed by atoms with Crippen molar-refractivity contribution in [3.05, 3.63) is 63.8 Å². The van der Waals surface area contributed by atoms with E-state index in [9.17, 15) is 13.2 Å². The van der Waals surface area contributed by atoms with Crippen LogP contribution in [-0.4, -0.2) is 31.7 Å². The van der Waals surface area contributed by atoms with Crippen molar-refractivity contribution in [1.29, 1.82) is 0 Å². The molecule has 32 heavy (non-hydrogen) atoms. The number of aromatic nitrogens is 1. The zero-order valence-electron chi connectivity index (χ0n) is 18.6. The Kier molecular flexibility index (Phi) is 7.85. The molecule has 3 rings (SSSR count). The van der Waals surface area contributed by atoms with Crippen molar-refractivity contribution in [3.8, 4) is 5.75 Å². The number of fused-ring (bicyclic) bond motifs is 1. The van der Waals surface area contributed by atoms with Crippen LogP contribution in [0, 0.1) is 6.92 Å². The first-order valence-electron chi connectivity index (χ1n) is 10.8. The number of unbranched alkanes of at least 4 members (excludes halogenated alkanes) is 2. The van der Waals surface area contributed by atoms with Gasteiger partial charge in [0.15, 0.2) is 0 Å². The molecule has 0 aliphatic carbocycles. The van der Waals surface area contributed by atoms with Crippen LogP contribution in [0.1, 0.15) is 60.3 Å². The van der Waals surface area contributed by atoms with Crippen LogP contribution in [0.3, 0.4) is 0 Å². The number of hydrogen-bond acceptors (Lipinski definition) is 4. The normalized spacial score (nSPS) is 11.6. The number of carbonyl (C=O) groups is 1. The highest BCUT2D eigenvalue weighted by Gasteiger charge is 2.18. The zero-order valence-corrected chi connectivity index (χ0v) is 20.2. The molecule has 6 nitrogen and oxygen atoms in total. The number of aryl methyl sites for hydroxylation is 1. The minimum atomic E-state index is -3.66. The maximum Gasteiger partial charge on any atom is 0.264 e. The molecule has 8 heteroatoms. The number of aromatic amines is 1. The van der Waals surface area contributed by atoms with Crippen LogP contribution in [0.2, 0.25) is 5.02 Å². The maximum absolute atomic E-state index is 12.6. The molecule has 3 aromatic rings. The lowest BCUT2D eigenvalue weighted by atomic mass is 10.0. The van der Waals surface area contributed by atoms with Gasteiger partial charge in [-0.05, 0) is 61.7 Å². The minimum absolute atomic E-state index is 0.0560. The molecule has 0 unspecified atom stereocenters. The fraction of sp³-hybridized carbons (Fsp3) is 0.375. The van der Waals surface area contributed by atoms with Gasteiger partial charge < -0.3 is 9.72 Å². The van der Waals surface area contributed by atoms with E-state index < -0.39 is 15.9 Å². The van der Waals surface area contributed by atoms with E-state index in [1.807, 2.05) is 32.9 Å². The van der Waals surface area contributed by atoms with Crippen LogP contribution < -0.4 is 9.46 Å². The number of hydrogen-bond donors (Lipinski definition) is 2. The largest absolute Gasteiger partial charge is 0.494 e. The lowest BCUT2D eigenvalue weighted by Gasteiger charge is -2.09. The second-order valence-electron chi connectivity index (χ2n) is 7.81. The van der Waals surface area contributed by atoms with Crippen LogP contribution in [-0.2, 0) is 16.4 Å². The highest BCUT2D eigenvalue weighted by Crippen LogP contribution is 2.30. The lowest BCUT2D eigenvalue weighted by molar-refractivity contribution is 0.0981. The SMILES string of the molecule is CCCCCS(=O)(=O)NC(=O)c1ccc2[nH]c(C)c(Cc3ccc(OCC)cc3Cl)c2c1. The lowest BCUT2D eigenvalue weighted by Crippen LogP contribution is -2.32. The molecule has 2 aromatic carbocycles. The van der Waals surface area contributed by atoms with E-state index in [2.05, 4.69) is 9.71 Å². The Morgan fingerprint density at radius 2 is 1.91 bits per heavy atom. The topological polar surface area (TPSA) is 88.3 Å². The summed E-state index contributed by atoms with van der Waals surface area (Å²) < 4.78 is 32.1. The van der Waals surface area contributed by atoms with Crippen LogP contribution in [0.15, 0.2) is 36.4 Å². The number of sulfonamides is 1. The average molecular weight is 477 g/mol. The van der Waals surface area contributed by atoms with Crippen molar-refractivity contribution in [2.45, 2.75) is 46.5 Å². The first-order chi connectivity index (χ1) is 15.2. The highest BCUT2D eigenvalue weighted by molar-refractivity contribution is 7.90. The molecule has 0 radical (unpaired) electrons. The fourth-order valence-electron chi connectivity index (χ4n) is 3.66. The molecule has 1 heterocycles. The van der Waals surface area contributed by atoms with Gasteiger partial charge in [-0.2, -0.15) is 0 Å². The molecular weight excluding hydrogens is 448 g/mol. The van der Waals surface area contributed by atoms with Crippen molar-refractivity contribution in [2.24, 2.45) is 0 Å². The van der Waals surface area contributed by atoms with Crippen molar-refractivity contribution >= 4 is 38.4 Å². The molecule has 0 saturated carbocycles. The third-order valence-electron chi connectivity index (χ3n) is 5.35. The summed E-state index contributed by atoms with van der Waals surface area (Å²) in [6.45, 7) is 6.45. The van der Waals surface area contributed by atoms with Gasteiger partial charge in [0.2, 0.25) is 10.0 Å². The van der Waals surface area contributed by atoms with Crippen molar-refractivity contribution in [1.82, 2.24) is 9.71 Å². The Morgan fingerprint density at radius 3 is 2.59 bits per heavy atom. The molecule has 0 aliphatic rings. The van der Waals surface area contributed by atoms with E-state index in [0.29, 0.717) is 30.0 Å². The van der Waals surface area contributed by atoms with Crippen molar-refractivity contribution < 1.29 is 17.9 Å². The summed E-state index contributed by atoms with van der Waals surface area (Å²) in [5.41, 5.74) is 4.09. The van der Waals surface area contributed by atoms with E-state index in [0.717, 1.165) is 46.3 Å². The summed E-state index contributed by atoms with van der Waals surface area (Å²) in [6, 6.07) is 10.8. The zero-order chi connectivity index (χ0) is 23.3. The molecule has 0 spiro atoms. The van der Waals surface area contributed by atoms with Gasteiger partial charge in [-0.1, -0.05) is 37.4 Å². The Balaban J connectivity index is 1.86. The predicted octanol–water partition coefficient (Wildman–Crippen LogP) is 5.37. The Hall–Kier alpha value is -2.51. The Labute approximate surface area is 194 Å². The number of nitrogens with one attached hydrogen (secondary N) is 2. The summed E-state index contributed by atoms with van der Waals surface area (Å²) in [5.74, 6) is 0.0443. The van der Waals surface area contributed by atoms with Gasteiger partial charge in [0, 0.05) is 33.6 Å². The van der Waals surface area contributed by atoms with Crippen molar-refractivity contribution in [3.63, 3.8) is 0 Å². The van der Waals surface area contributed by atoms with Gasteiger partial charge in [-0.15, -0.1) is 0 Å². The second-order valence-corrected chi connectivity index (χ2v) is 10.1. The number of rotatable bonds is 10. The molecule has 0 fully saturated rings. The molecule has 1 amide bonds. The van der Waals surface area contributed by atoms with Crippen LogP contribution in [0.4, 0.5) is 0 Å². The van der Waals surface area contributed by atoms with Gasteiger partial charge in [-0.25, -0.2) is 13.1 Å². The number of amides is 1. The summed E-state index contributed by atoms with van der Waals surface area (Å²) in [6.07, 6.45) is 2.81. The summed E-state index contributed by atoms with van der Waals surface area (Å²) in [5, 5.41) is 1.47. The molecule has 0 saturated heterocycles. The number of H-pyrrole nitrogens is 1. The van der Waals surface area contributed by atoms with Crippen LogP contribution >= 0.6 is 11.6 Å². The van der Waals surface area contributed by atoms with Gasteiger partial charge in [0.05, 0.1) is 12.4 Å². The fourth-order valence-corrected chi connectivity index (χ4v) is 4.99. The van der Waals surface area contributed by atoms with Gasteiger partial charge in [0.1, 0.15) is 5.75 Å². The third-order valence-corrected chi connectivity index (χ3v) is 7.02.